The second-order valence-corrected chi connectivity index (χ2v) is 14.2. The predicted octanol–water partition coefficient (Wildman–Crippen LogP) is -1.62. The summed E-state index contributed by atoms with van der Waals surface area (Å²) in [5, 5.41) is 21.3. The molecule has 2 aliphatic rings. The van der Waals surface area contributed by atoms with Crippen molar-refractivity contribution in [2.24, 2.45) is 0 Å². The number of H-pyrrole nitrogens is 1. The number of aliphatic hydroxyl groups excluding tert-OH is 1. The van der Waals surface area contributed by atoms with E-state index in [4.69, 9.17) is 58.1 Å². The monoisotopic (exact) mass is 695 g/mol. The summed E-state index contributed by atoms with van der Waals surface area (Å²) in [7, 11) is -2.61. The SMILES string of the molecule is Nc1nc2c(nnn2[C@@H]2O[C@H](CO)[C@H](F)[C@H]2OP(O)(=S)OC[C@H]2O[C@@H](c3cnc4c(N)ncnn34)C[C@@H]2O[PH](O)=S)c(=O)[nH]1. The van der Waals surface area contributed by atoms with Gasteiger partial charge in [-0.05, 0) is 23.6 Å². The number of nitrogens with two attached hydrogens (primary N) is 2. The molecule has 0 spiro atoms. The maximum absolute atomic E-state index is 15.4. The number of halogens is 1. The fraction of sp³-hybridized carbons (Fsp3) is 0.526. The number of nitrogen functional groups attached to an aromatic ring is 2. The van der Waals surface area contributed by atoms with Crippen molar-refractivity contribution in [3.63, 3.8) is 0 Å². The summed E-state index contributed by atoms with van der Waals surface area (Å²) in [6.45, 7) is -5.48. The second kappa shape index (κ2) is 12.3. The molecule has 8 N–H and O–H groups in total. The van der Waals surface area contributed by atoms with Gasteiger partial charge in [0.05, 0.1) is 31.2 Å². The number of imidazole rings is 1. The first-order valence-corrected chi connectivity index (χ1v) is 17.7. The molecule has 44 heavy (non-hydrogen) atoms. The van der Waals surface area contributed by atoms with Crippen LogP contribution in [-0.2, 0) is 46.7 Å². The second-order valence-electron chi connectivity index (χ2n) is 9.57. The maximum Gasteiger partial charge on any atom is 0.325 e. The molecule has 2 fully saturated rings. The molecular formula is C19H24FN11O9P2S2. The van der Waals surface area contributed by atoms with Gasteiger partial charge in [-0.25, -0.2) is 18.9 Å². The molecule has 9 atom stereocenters. The third-order valence-corrected chi connectivity index (χ3v) is 9.19. The van der Waals surface area contributed by atoms with Crippen LogP contribution in [0.3, 0.4) is 0 Å². The zero-order valence-electron chi connectivity index (χ0n) is 22.0. The number of hydrogen-bond donors (Lipinski definition) is 6. The van der Waals surface area contributed by atoms with Gasteiger partial charge in [0.25, 0.3) is 5.56 Å². The summed E-state index contributed by atoms with van der Waals surface area (Å²) in [5.41, 5.74) is 11.2. The van der Waals surface area contributed by atoms with Crippen molar-refractivity contribution in [1.82, 2.24) is 44.5 Å². The minimum absolute atomic E-state index is 0.148. The normalized spacial score (nSPS) is 29.4. The van der Waals surface area contributed by atoms with E-state index in [9.17, 15) is 19.7 Å². The minimum Gasteiger partial charge on any atom is -0.394 e. The number of ether oxygens (including phenoxy) is 2. The van der Waals surface area contributed by atoms with Crippen molar-refractivity contribution < 1.29 is 42.3 Å². The molecule has 20 nitrogen and oxygen atoms in total. The van der Waals surface area contributed by atoms with Crippen LogP contribution >= 0.6 is 13.9 Å². The van der Waals surface area contributed by atoms with Gasteiger partial charge in [-0.3, -0.25) is 14.3 Å². The van der Waals surface area contributed by atoms with E-state index >= 15 is 4.39 Å². The Balaban J connectivity index is 1.20. The van der Waals surface area contributed by atoms with Crippen molar-refractivity contribution in [3.05, 3.63) is 28.6 Å². The first kappa shape index (κ1) is 31.3. The van der Waals surface area contributed by atoms with Crippen LogP contribution in [0.15, 0.2) is 17.3 Å². The summed E-state index contributed by atoms with van der Waals surface area (Å²) in [4.78, 5) is 47.3. The molecule has 2 aliphatic heterocycles. The molecule has 238 valence electrons. The Morgan fingerprint density at radius 1 is 1.27 bits per heavy atom. The Morgan fingerprint density at radius 3 is 2.82 bits per heavy atom. The van der Waals surface area contributed by atoms with E-state index in [1.54, 1.807) is 0 Å². The first-order chi connectivity index (χ1) is 21.0. The lowest BCUT2D eigenvalue weighted by molar-refractivity contribution is -0.0565. The van der Waals surface area contributed by atoms with Crippen molar-refractivity contribution in [2.75, 3.05) is 24.7 Å². The van der Waals surface area contributed by atoms with E-state index in [1.165, 1.54) is 17.0 Å². The topological polar surface area (TPSA) is 278 Å². The van der Waals surface area contributed by atoms with E-state index in [2.05, 4.69) is 35.3 Å². The number of rotatable bonds is 10. The van der Waals surface area contributed by atoms with Crippen LogP contribution in [0.1, 0.15) is 24.4 Å². The van der Waals surface area contributed by atoms with Gasteiger partial charge in [-0.2, -0.15) is 14.8 Å². The van der Waals surface area contributed by atoms with Crippen LogP contribution in [-0.4, -0.2) is 103 Å². The summed E-state index contributed by atoms with van der Waals surface area (Å²) >= 11 is 10.0. The molecule has 4 aromatic rings. The molecule has 6 rings (SSSR count). The Kier molecular flexibility index (Phi) is 8.73. The van der Waals surface area contributed by atoms with Crippen molar-refractivity contribution >= 4 is 66.1 Å². The molecule has 0 aliphatic carbocycles. The van der Waals surface area contributed by atoms with Crippen LogP contribution in [0.2, 0.25) is 0 Å². The largest absolute Gasteiger partial charge is 0.394 e. The number of aromatic amines is 1. The van der Waals surface area contributed by atoms with E-state index in [1.807, 2.05) is 0 Å². The van der Waals surface area contributed by atoms with Gasteiger partial charge in [0, 0.05) is 6.42 Å². The van der Waals surface area contributed by atoms with E-state index < -0.39 is 75.6 Å². The van der Waals surface area contributed by atoms with Crippen LogP contribution < -0.4 is 17.0 Å². The fourth-order valence-electron chi connectivity index (χ4n) is 4.91. The number of anilines is 2. The van der Waals surface area contributed by atoms with E-state index in [0.717, 1.165) is 4.68 Å². The molecule has 2 unspecified atom stereocenters. The number of nitrogens with zero attached hydrogens (tertiary/aromatic N) is 8. The molecule has 0 radical (unpaired) electrons. The van der Waals surface area contributed by atoms with E-state index in [0.29, 0.717) is 11.3 Å². The maximum atomic E-state index is 15.4. The molecule has 0 amide bonds. The standard InChI is InChI=1S/C19H24FN11O9P2S2/c20-11-9(3-32)38-18(31-15-12(28-29-31)17(33)27-19(22)26-15)13(11)40-42(35,44)36-4-10-8(39-41(34)43)1-7(37-10)6-2-23-16-14(21)24-5-25-30(6)16/h2,5,7-11,13,18,32,41H,1,3-4H2,(H,34,43)(H,35,44)(H2,21,24,25)(H3,22,26,27,33)/t7-,8+,9-,10-,11+,13-,18-,42?/m1/s1. The fourth-order valence-corrected chi connectivity index (χ4v) is 7.19. The number of hydrogen-bond acceptors (Lipinski definition) is 17. The average molecular weight is 696 g/mol. The van der Waals surface area contributed by atoms with Crippen LogP contribution in [0, 0.1) is 0 Å². The Bertz CT molecular complexity index is 1830. The highest BCUT2D eigenvalue weighted by Gasteiger charge is 2.50. The predicted molar refractivity (Wildman–Crippen MR) is 154 cm³/mol. The smallest absolute Gasteiger partial charge is 0.325 e. The molecule has 6 heterocycles. The van der Waals surface area contributed by atoms with Crippen molar-refractivity contribution in [3.8, 4) is 0 Å². The number of aliphatic hydroxyl groups is 1. The molecule has 4 aromatic heterocycles. The number of fused-ring (bicyclic) bond motifs is 2. The van der Waals surface area contributed by atoms with Gasteiger partial charge in [-0.15, -0.1) is 5.10 Å². The third-order valence-electron chi connectivity index (χ3n) is 6.83. The van der Waals surface area contributed by atoms with Crippen molar-refractivity contribution in [2.45, 2.75) is 49.3 Å². The molecular weight excluding hydrogens is 671 g/mol. The third kappa shape index (κ3) is 5.98. The summed E-state index contributed by atoms with van der Waals surface area (Å²) in [6.07, 6.45) is -6.13. The zero-order chi connectivity index (χ0) is 31.3. The number of alkyl halides is 1. The van der Waals surface area contributed by atoms with Gasteiger partial charge in [0.1, 0.15) is 30.7 Å². The highest BCUT2D eigenvalue weighted by molar-refractivity contribution is 8.07. The first-order valence-electron chi connectivity index (χ1n) is 12.6. The Morgan fingerprint density at radius 2 is 2.07 bits per heavy atom. The quantitative estimate of drug-likeness (QED) is 0.102. The molecule has 25 heteroatoms. The zero-order valence-corrected chi connectivity index (χ0v) is 25.5. The molecule has 0 aromatic carbocycles. The van der Waals surface area contributed by atoms with Gasteiger partial charge >= 0.3 is 6.72 Å². The summed E-state index contributed by atoms with van der Waals surface area (Å²) in [5.74, 6) is -0.124. The summed E-state index contributed by atoms with van der Waals surface area (Å²) in [6, 6.07) is 0. The van der Waals surface area contributed by atoms with Gasteiger partial charge < -0.3 is 44.9 Å². The minimum atomic E-state index is -4.29. The summed E-state index contributed by atoms with van der Waals surface area (Å²) < 4.78 is 46.0. The van der Waals surface area contributed by atoms with Crippen LogP contribution in [0.4, 0.5) is 16.2 Å². The van der Waals surface area contributed by atoms with Crippen LogP contribution in [0.5, 0.6) is 0 Å². The lowest BCUT2D eigenvalue weighted by Crippen LogP contribution is -2.33. The number of nitrogens with one attached hydrogen (secondary N) is 1. The average Bonchev–Trinajstić information content (AvgIpc) is 3.73. The lowest BCUT2D eigenvalue weighted by Gasteiger charge is -2.26. The Hall–Kier alpha value is -2.66. The van der Waals surface area contributed by atoms with Gasteiger partial charge in [0.15, 0.2) is 42.2 Å². The molecule has 0 bridgehead atoms. The van der Waals surface area contributed by atoms with E-state index in [-0.39, 0.29) is 29.4 Å². The molecule has 2 saturated heterocycles. The Labute approximate surface area is 255 Å². The lowest BCUT2D eigenvalue weighted by atomic mass is 10.1. The van der Waals surface area contributed by atoms with Crippen LogP contribution in [0.25, 0.3) is 16.8 Å². The molecule has 0 saturated carbocycles. The number of aromatic nitrogens is 9. The van der Waals surface area contributed by atoms with Gasteiger partial charge in [-0.1, -0.05) is 5.21 Å². The highest BCUT2D eigenvalue weighted by atomic mass is 32.5. The highest BCUT2D eigenvalue weighted by Crippen LogP contribution is 2.51. The van der Waals surface area contributed by atoms with Crippen molar-refractivity contribution in [1.29, 1.82) is 0 Å². The van der Waals surface area contributed by atoms with Gasteiger partial charge in [0.2, 0.25) is 5.95 Å².